The van der Waals surface area contributed by atoms with Crippen molar-refractivity contribution in [1.82, 2.24) is 0 Å². The molecule has 146 valence electrons. The third kappa shape index (κ3) is 3.31. The molecule has 1 aliphatic rings. The highest BCUT2D eigenvalue weighted by atomic mass is 35.5. The van der Waals surface area contributed by atoms with Crippen molar-refractivity contribution in [1.29, 1.82) is 0 Å². The van der Waals surface area contributed by atoms with Crippen LogP contribution in [0, 0.1) is 0 Å². The zero-order chi connectivity index (χ0) is 20.7. The molecule has 0 saturated heterocycles. The summed E-state index contributed by atoms with van der Waals surface area (Å²) in [5.41, 5.74) is 3.63. The summed E-state index contributed by atoms with van der Waals surface area (Å²) in [4.78, 5) is 18.0. The third-order valence-corrected chi connectivity index (χ3v) is 5.47. The van der Waals surface area contributed by atoms with E-state index in [1.165, 1.54) is 0 Å². The van der Waals surface area contributed by atoms with Gasteiger partial charge >= 0.3 is 0 Å². The van der Waals surface area contributed by atoms with Gasteiger partial charge in [-0.1, -0.05) is 48.0 Å². The number of benzodiazepines with no additional fused rings is 1. The van der Waals surface area contributed by atoms with Gasteiger partial charge in [0.1, 0.15) is 5.75 Å². The van der Waals surface area contributed by atoms with Gasteiger partial charge in [-0.15, -0.1) is 0 Å². The number of nitrogens with zero attached hydrogens (tertiary/aromatic N) is 1. The molecule has 4 nitrogen and oxygen atoms in total. The number of carbonyl (C=O) groups is 1. The minimum Gasteiger partial charge on any atom is -0.508 e. The number of halogens is 1. The number of hydrogen-bond donors (Lipinski definition) is 2. The summed E-state index contributed by atoms with van der Waals surface area (Å²) in [5, 5.41) is 15.4. The molecule has 1 aliphatic heterocycles. The molecule has 5 heteroatoms. The summed E-state index contributed by atoms with van der Waals surface area (Å²) < 4.78 is 0. The maximum Gasteiger partial charge on any atom is 0.253 e. The SMILES string of the molecule is O=C1Nc2ccc(Cl)cc2C(c2ccc(O)cc2)=NC1c1ccc2ccccc2c1. The van der Waals surface area contributed by atoms with Crippen LogP contribution in [-0.2, 0) is 4.79 Å². The Hall–Kier alpha value is -3.63. The Morgan fingerprint density at radius 2 is 1.63 bits per heavy atom. The van der Waals surface area contributed by atoms with Gasteiger partial charge in [0.2, 0.25) is 0 Å². The highest BCUT2D eigenvalue weighted by Crippen LogP contribution is 2.33. The molecule has 0 fully saturated rings. The third-order valence-electron chi connectivity index (χ3n) is 5.23. The standard InChI is InChI=1S/C25H17ClN2O2/c26-19-9-12-22-21(14-19)23(16-7-10-20(29)11-8-16)28-24(25(30)27-22)18-6-5-15-3-1-2-4-17(15)13-18/h1-14,24,29H,(H,27,30). The van der Waals surface area contributed by atoms with Crippen LogP contribution >= 0.6 is 11.6 Å². The summed E-state index contributed by atoms with van der Waals surface area (Å²) in [6, 6.07) is 25.3. The normalized spacial score (nSPS) is 15.8. The molecule has 0 aliphatic carbocycles. The highest BCUT2D eigenvalue weighted by Gasteiger charge is 2.27. The first-order chi connectivity index (χ1) is 14.6. The number of phenolic OH excluding ortho intramolecular Hbond substituents is 1. The van der Waals surface area contributed by atoms with Gasteiger partial charge in [0.05, 0.1) is 11.4 Å². The second-order valence-electron chi connectivity index (χ2n) is 7.21. The van der Waals surface area contributed by atoms with Gasteiger partial charge in [-0.05, 0) is 64.9 Å². The van der Waals surface area contributed by atoms with Crippen molar-refractivity contribution < 1.29 is 9.90 Å². The summed E-state index contributed by atoms with van der Waals surface area (Å²) in [6.45, 7) is 0. The predicted octanol–water partition coefficient (Wildman–Crippen LogP) is 5.73. The smallest absolute Gasteiger partial charge is 0.253 e. The molecule has 4 aromatic rings. The molecule has 1 heterocycles. The summed E-state index contributed by atoms with van der Waals surface area (Å²) >= 11 is 6.26. The molecular weight excluding hydrogens is 396 g/mol. The van der Waals surface area contributed by atoms with Gasteiger partial charge in [-0.2, -0.15) is 0 Å². The van der Waals surface area contributed by atoms with E-state index in [1.807, 2.05) is 42.5 Å². The molecule has 0 spiro atoms. The molecule has 5 rings (SSSR count). The van der Waals surface area contributed by atoms with Crippen LogP contribution in [-0.4, -0.2) is 16.7 Å². The fourth-order valence-electron chi connectivity index (χ4n) is 3.73. The van der Waals surface area contributed by atoms with E-state index in [1.54, 1.807) is 42.5 Å². The number of amides is 1. The average molecular weight is 413 g/mol. The first-order valence-electron chi connectivity index (χ1n) is 9.55. The van der Waals surface area contributed by atoms with Crippen molar-refractivity contribution in [2.75, 3.05) is 5.32 Å². The lowest BCUT2D eigenvalue weighted by molar-refractivity contribution is -0.117. The molecule has 1 atom stereocenters. The van der Waals surface area contributed by atoms with Crippen molar-refractivity contribution in [2.45, 2.75) is 6.04 Å². The monoisotopic (exact) mass is 412 g/mol. The van der Waals surface area contributed by atoms with Crippen LogP contribution in [0.3, 0.4) is 0 Å². The number of phenols is 1. The molecule has 0 saturated carbocycles. The van der Waals surface area contributed by atoms with Gasteiger partial charge < -0.3 is 10.4 Å². The quantitative estimate of drug-likeness (QED) is 0.441. The molecule has 30 heavy (non-hydrogen) atoms. The Balaban J connectivity index is 1.71. The molecule has 0 aromatic heterocycles. The van der Waals surface area contributed by atoms with E-state index in [0.717, 1.165) is 27.5 Å². The minimum absolute atomic E-state index is 0.166. The Kier molecular flexibility index (Phi) is 4.49. The lowest BCUT2D eigenvalue weighted by Crippen LogP contribution is -2.18. The Labute approximate surface area is 178 Å². The Morgan fingerprint density at radius 1 is 0.867 bits per heavy atom. The zero-order valence-electron chi connectivity index (χ0n) is 15.8. The zero-order valence-corrected chi connectivity index (χ0v) is 16.6. The van der Waals surface area contributed by atoms with Crippen molar-refractivity contribution in [3.05, 3.63) is 107 Å². The number of fused-ring (bicyclic) bond motifs is 2. The lowest BCUT2D eigenvalue weighted by Gasteiger charge is -2.12. The van der Waals surface area contributed by atoms with Crippen molar-refractivity contribution >= 4 is 39.7 Å². The van der Waals surface area contributed by atoms with E-state index >= 15 is 0 Å². The largest absolute Gasteiger partial charge is 0.508 e. The molecule has 0 radical (unpaired) electrons. The van der Waals surface area contributed by atoms with Gasteiger partial charge in [-0.25, -0.2) is 0 Å². The topological polar surface area (TPSA) is 61.7 Å². The number of aliphatic imine (C=N–C) groups is 1. The summed E-state index contributed by atoms with van der Waals surface area (Å²) in [6.07, 6.45) is 0. The molecule has 1 amide bonds. The fraction of sp³-hybridized carbons (Fsp3) is 0.0400. The minimum atomic E-state index is -0.718. The van der Waals surface area contributed by atoms with Crippen molar-refractivity contribution in [2.24, 2.45) is 4.99 Å². The molecule has 2 N–H and O–H groups in total. The predicted molar refractivity (Wildman–Crippen MR) is 121 cm³/mol. The van der Waals surface area contributed by atoms with Crippen LogP contribution in [0.1, 0.15) is 22.7 Å². The van der Waals surface area contributed by atoms with E-state index in [-0.39, 0.29) is 11.7 Å². The maximum absolute atomic E-state index is 13.1. The van der Waals surface area contributed by atoms with E-state index < -0.39 is 6.04 Å². The summed E-state index contributed by atoms with van der Waals surface area (Å²) in [7, 11) is 0. The van der Waals surface area contributed by atoms with Gasteiger partial charge in [-0.3, -0.25) is 9.79 Å². The van der Waals surface area contributed by atoms with E-state index in [9.17, 15) is 9.90 Å². The van der Waals surface area contributed by atoms with Crippen molar-refractivity contribution in [3.63, 3.8) is 0 Å². The van der Waals surface area contributed by atoms with Crippen LogP contribution in [0.2, 0.25) is 5.02 Å². The van der Waals surface area contributed by atoms with Crippen LogP contribution in [0.15, 0.2) is 89.9 Å². The molecule has 0 bridgehead atoms. The fourth-order valence-corrected chi connectivity index (χ4v) is 3.90. The van der Waals surface area contributed by atoms with Gasteiger partial charge in [0.15, 0.2) is 6.04 Å². The lowest BCUT2D eigenvalue weighted by atomic mass is 9.99. The van der Waals surface area contributed by atoms with Crippen LogP contribution in [0.4, 0.5) is 5.69 Å². The number of aromatic hydroxyl groups is 1. The van der Waals surface area contributed by atoms with Crippen LogP contribution in [0.25, 0.3) is 10.8 Å². The first kappa shape index (κ1) is 18.4. The molecule has 4 aromatic carbocycles. The highest BCUT2D eigenvalue weighted by molar-refractivity contribution is 6.32. The number of nitrogens with one attached hydrogen (secondary N) is 1. The number of carbonyl (C=O) groups excluding carboxylic acids is 1. The number of benzene rings is 4. The Morgan fingerprint density at radius 3 is 2.43 bits per heavy atom. The van der Waals surface area contributed by atoms with E-state index in [0.29, 0.717) is 16.4 Å². The first-order valence-corrected chi connectivity index (χ1v) is 9.93. The molecule has 1 unspecified atom stereocenters. The number of anilines is 1. The van der Waals surface area contributed by atoms with E-state index in [4.69, 9.17) is 16.6 Å². The number of rotatable bonds is 2. The number of hydrogen-bond acceptors (Lipinski definition) is 3. The maximum atomic E-state index is 13.1. The van der Waals surface area contributed by atoms with Crippen LogP contribution in [0.5, 0.6) is 5.75 Å². The summed E-state index contributed by atoms with van der Waals surface area (Å²) in [5.74, 6) is -0.0396. The average Bonchev–Trinajstić information content (AvgIpc) is 2.90. The van der Waals surface area contributed by atoms with Crippen LogP contribution < -0.4 is 5.32 Å². The van der Waals surface area contributed by atoms with E-state index in [2.05, 4.69) is 5.32 Å². The van der Waals surface area contributed by atoms with Gasteiger partial charge in [0.25, 0.3) is 5.91 Å². The van der Waals surface area contributed by atoms with Gasteiger partial charge in [0, 0.05) is 16.1 Å². The Bertz CT molecular complexity index is 1310. The van der Waals surface area contributed by atoms with Crippen molar-refractivity contribution in [3.8, 4) is 5.75 Å². The second kappa shape index (κ2) is 7.32. The second-order valence-corrected chi connectivity index (χ2v) is 7.65. The molecular formula is C25H17ClN2O2.